The summed E-state index contributed by atoms with van der Waals surface area (Å²) in [6, 6.07) is 21.3. The number of imide groups is 1. The molecule has 3 aromatic carbocycles. The second kappa shape index (κ2) is 9.98. The van der Waals surface area contributed by atoms with Gasteiger partial charge in [-0.2, -0.15) is 0 Å². The van der Waals surface area contributed by atoms with E-state index in [4.69, 9.17) is 0 Å². The molecule has 2 saturated heterocycles. The first-order chi connectivity index (χ1) is 18.9. The van der Waals surface area contributed by atoms with Gasteiger partial charge in [0.1, 0.15) is 11.9 Å². The van der Waals surface area contributed by atoms with Crippen molar-refractivity contribution in [1.29, 1.82) is 0 Å². The lowest BCUT2D eigenvalue weighted by Gasteiger charge is -2.29. The van der Waals surface area contributed by atoms with E-state index in [9.17, 15) is 19.2 Å². The van der Waals surface area contributed by atoms with Crippen LogP contribution in [0, 0.1) is 5.82 Å². The summed E-state index contributed by atoms with van der Waals surface area (Å²) >= 11 is 0. The van der Waals surface area contributed by atoms with E-state index >= 15 is 4.39 Å². The molecule has 0 spiro atoms. The number of piperidine rings is 1. The molecule has 0 aliphatic carbocycles. The average molecular weight is 527 g/mol. The van der Waals surface area contributed by atoms with E-state index in [0.717, 1.165) is 11.1 Å². The molecule has 0 radical (unpaired) electrons. The van der Waals surface area contributed by atoms with Gasteiger partial charge in [0.15, 0.2) is 0 Å². The molecule has 2 fully saturated rings. The molecule has 1 N–H and O–H groups in total. The number of hydrogen-bond donors (Lipinski definition) is 1. The van der Waals surface area contributed by atoms with Crippen molar-refractivity contribution in [3.63, 3.8) is 0 Å². The van der Waals surface area contributed by atoms with E-state index in [0.29, 0.717) is 24.2 Å². The zero-order chi connectivity index (χ0) is 27.1. The third-order valence-electron chi connectivity index (χ3n) is 7.72. The molecule has 3 aliphatic heterocycles. The molecule has 1 atom stereocenters. The fraction of sp³-hybridized carbons (Fsp3) is 0.267. The van der Waals surface area contributed by atoms with Crippen LogP contribution in [0.1, 0.15) is 51.5 Å². The second-order valence-corrected chi connectivity index (χ2v) is 10.1. The molecule has 6 rings (SSSR count). The Morgan fingerprint density at radius 2 is 1.56 bits per heavy atom. The van der Waals surface area contributed by atoms with Crippen molar-refractivity contribution in [2.75, 3.05) is 13.1 Å². The summed E-state index contributed by atoms with van der Waals surface area (Å²) in [6.45, 7) is 1.14. The lowest BCUT2D eigenvalue weighted by Crippen LogP contribution is -2.52. The molecule has 3 heterocycles. The number of halogens is 1. The molecule has 3 aliphatic rings. The minimum Gasteiger partial charge on any atom is -0.322 e. The number of carbonyl (C=O) groups is 4. The fourth-order valence-corrected chi connectivity index (χ4v) is 5.78. The van der Waals surface area contributed by atoms with Crippen LogP contribution >= 0.6 is 0 Å². The van der Waals surface area contributed by atoms with E-state index in [1.54, 1.807) is 11.0 Å². The van der Waals surface area contributed by atoms with Crippen LogP contribution in [0.5, 0.6) is 0 Å². The predicted octanol–water partition coefficient (Wildman–Crippen LogP) is 3.61. The van der Waals surface area contributed by atoms with Crippen molar-refractivity contribution in [1.82, 2.24) is 20.0 Å². The molecule has 39 heavy (non-hydrogen) atoms. The molecule has 5 amide bonds. The molecular weight excluding hydrogens is 499 g/mol. The topological polar surface area (TPSA) is 90.0 Å². The highest BCUT2D eigenvalue weighted by Gasteiger charge is 2.40. The van der Waals surface area contributed by atoms with Crippen LogP contribution in [0.25, 0.3) is 0 Å². The Bertz CT molecular complexity index is 1420. The number of nitrogens with one attached hydrogen (secondary N) is 1. The molecule has 1 unspecified atom stereocenters. The van der Waals surface area contributed by atoms with Crippen molar-refractivity contribution in [3.8, 4) is 0 Å². The third kappa shape index (κ3) is 4.54. The molecule has 0 aromatic heterocycles. The van der Waals surface area contributed by atoms with E-state index in [-0.39, 0.29) is 49.5 Å². The molecule has 9 heteroatoms. The number of amides is 5. The maximum atomic E-state index is 15.2. The van der Waals surface area contributed by atoms with Crippen molar-refractivity contribution in [2.24, 2.45) is 0 Å². The van der Waals surface area contributed by atoms with Crippen LogP contribution in [0.3, 0.4) is 0 Å². The average Bonchev–Trinajstić information content (AvgIpc) is 3.45. The largest absolute Gasteiger partial charge is 0.322 e. The van der Waals surface area contributed by atoms with E-state index in [1.165, 1.54) is 11.0 Å². The Morgan fingerprint density at radius 1 is 0.897 bits per heavy atom. The summed E-state index contributed by atoms with van der Waals surface area (Å²) in [4.78, 5) is 55.3. The Morgan fingerprint density at radius 3 is 2.21 bits per heavy atom. The maximum Gasteiger partial charge on any atom is 0.321 e. The first-order valence-corrected chi connectivity index (χ1v) is 13.0. The maximum absolute atomic E-state index is 15.2. The lowest BCUT2D eigenvalue weighted by molar-refractivity contribution is -0.136. The summed E-state index contributed by atoms with van der Waals surface area (Å²) in [5.74, 6) is -1.87. The Kier molecular flexibility index (Phi) is 6.34. The van der Waals surface area contributed by atoms with Crippen LogP contribution in [-0.2, 0) is 22.7 Å². The van der Waals surface area contributed by atoms with Crippen LogP contribution in [0.4, 0.5) is 9.18 Å². The van der Waals surface area contributed by atoms with Gasteiger partial charge < -0.3 is 14.7 Å². The van der Waals surface area contributed by atoms with Gasteiger partial charge in [0.2, 0.25) is 11.8 Å². The predicted molar refractivity (Wildman–Crippen MR) is 140 cm³/mol. The molecule has 0 saturated carbocycles. The van der Waals surface area contributed by atoms with Crippen LogP contribution in [-0.4, -0.2) is 57.6 Å². The van der Waals surface area contributed by atoms with E-state index in [2.05, 4.69) is 5.32 Å². The second-order valence-electron chi connectivity index (χ2n) is 10.1. The van der Waals surface area contributed by atoms with Crippen LogP contribution < -0.4 is 5.32 Å². The zero-order valence-corrected chi connectivity index (χ0v) is 21.2. The highest BCUT2D eigenvalue weighted by molar-refractivity contribution is 6.05. The monoisotopic (exact) mass is 526 g/mol. The summed E-state index contributed by atoms with van der Waals surface area (Å²) < 4.78 is 15.2. The highest BCUT2D eigenvalue weighted by atomic mass is 19.1. The molecule has 198 valence electrons. The number of rotatable bonds is 6. The van der Waals surface area contributed by atoms with Gasteiger partial charge in [-0.1, -0.05) is 60.7 Å². The SMILES string of the molecule is O=C1CCC(N2Cc3cc(CN4CCN(C(c5ccccc5)c5ccccc5)C4=O)c(F)cc3C2=O)C(=O)N1. The lowest BCUT2D eigenvalue weighted by atomic mass is 9.97. The number of nitrogens with zero attached hydrogens (tertiary/aromatic N) is 3. The van der Waals surface area contributed by atoms with Gasteiger partial charge in [0, 0.05) is 37.2 Å². The number of urea groups is 1. The number of benzene rings is 3. The third-order valence-corrected chi connectivity index (χ3v) is 7.72. The van der Waals surface area contributed by atoms with Gasteiger partial charge in [-0.3, -0.25) is 19.7 Å². The van der Waals surface area contributed by atoms with Crippen LogP contribution in [0.2, 0.25) is 0 Å². The minimum atomic E-state index is -0.768. The summed E-state index contributed by atoms with van der Waals surface area (Å²) in [6.07, 6.45) is 0.387. The van der Waals surface area contributed by atoms with Gasteiger partial charge in [-0.25, -0.2) is 9.18 Å². The quantitative estimate of drug-likeness (QED) is 0.497. The van der Waals surface area contributed by atoms with Gasteiger partial charge in [0.25, 0.3) is 5.91 Å². The molecular formula is C30H27FN4O4. The van der Waals surface area contributed by atoms with E-state index in [1.807, 2.05) is 65.6 Å². The molecule has 0 bridgehead atoms. The minimum absolute atomic E-state index is 0.0668. The highest BCUT2D eigenvalue weighted by Crippen LogP contribution is 2.34. The Labute approximate surface area is 225 Å². The van der Waals surface area contributed by atoms with Gasteiger partial charge in [-0.05, 0) is 35.2 Å². The van der Waals surface area contributed by atoms with Crippen molar-refractivity contribution in [2.45, 2.75) is 38.0 Å². The fourth-order valence-electron chi connectivity index (χ4n) is 5.78. The van der Waals surface area contributed by atoms with Gasteiger partial charge >= 0.3 is 6.03 Å². The Balaban J connectivity index is 1.22. The standard InChI is InChI=1S/C30H27FN4O4/c31-24-16-23-21(18-35(29(23)38)25-11-12-26(36)32-28(25)37)15-22(24)17-33-13-14-34(30(33)39)27(19-7-3-1-4-8-19)20-9-5-2-6-10-20/h1-10,15-16,25,27H,11-14,17-18H2,(H,32,36,37). The number of carbonyl (C=O) groups excluding carboxylic acids is 4. The van der Waals surface area contributed by atoms with E-state index < -0.39 is 23.7 Å². The normalized spacial score (nSPS) is 19.2. The molecule has 8 nitrogen and oxygen atoms in total. The summed E-state index contributed by atoms with van der Waals surface area (Å²) in [5, 5.41) is 2.27. The first kappa shape index (κ1) is 24.8. The Hall–Kier alpha value is -4.53. The summed E-state index contributed by atoms with van der Waals surface area (Å²) in [7, 11) is 0. The zero-order valence-electron chi connectivity index (χ0n) is 21.2. The molecule has 3 aromatic rings. The number of fused-ring (bicyclic) bond motifs is 1. The van der Waals surface area contributed by atoms with Crippen molar-refractivity contribution < 1.29 is 23.6 Å². The first-order valence-electron chi connectivity index (χ1n) is 13.0. The van der Waals surface area contributed by atoms with Crippen molar-refractivity contribution >= 4 is 23.8 Å². The van der Waals surface area contributed by atoms with Gasteiger partial charge in [0.05, 0.1) is 12.6 Å². The van der Waals surface area contributed by atoms with Crippen molar-refractivity contribution in [3.05, 3.63) is 106 Å². The van der Waals surface area contributed by atoms with Gasteiger partial charge in [-0.15, -0.1) is 0 Å². The summed E-state index contributed by atoms with van der Waals surface area (Å²) in [5.41, 5.74) is 3.13. The number of hydrogen-bond acceptors (Lipinski definition) is 4. The van der Waals surface area contributed by atoms with Crippen LogP contribution in [0.15, 0.2) is 72.8 Å². The smallest absolute Gasteiger partial charge is 0.321 e.